The van der Waals surface area contributed by atoms with Crippen LogP contribution in [0.15, 0.2) is 30.6 Å². The fourth-order valence-electron chi connectivity index (χ4n) is 3.87. The van der Waals surface area contributed by atoms with E-state index < -0.39 is 6.10 Å². The minimum absolute atomic E-state index is 0.268. The highest BCUT2D eigenvalue weighted by atomic mass is 16.5. The van der Waals surface area contributed by atoms with Crippen LogP contribution in [-0.2, 0) is 17.7 Å². The third-order valence-corrected chi connectivity index (χ3v) is 5.51. The van der Waals surface area contributed by atoms with Gasteiger partial charge in [0.1, 0.15) is 17.4 Å². The van der Waals surface area contributed by atoms with E-state index in [4.69, 9.17) is 4.74 Å². The van der Waals surface area contributed by atoms with Crippen LogP contribution in [0, 0.1) is 0 Å². The zero-order chi connectivity index (χ0) is 19.6. The average Bonchev–Trinajstić information content (AvgIpc) is 3.13. The molecule has 0 unspecified atom stereocenters. The van der Waals surface area contributed by atoms with Crippen LogP contribution in [0.3, 0.4) is 0 Å². The Labute approximate surface area is 168 Å². The molecule has 4 N–H and O–H groups in total. The normalized spacial score (nSPS) is 18.2. The molecule has 2 aliphatic rings. The molecule has 1 aromatic carbocycles. The van der Waals surface area contributed by atoms with Crippen LogP contribution in [0.1, 0.15) is 11.1 Å². The number of ether oxygens (including phenoxy) is 1. The van der Waals surface area contributed by atoms with Crippen molar-refractivity contribution in [2.24, 2.45) is 0 Å². The summed E-state index contributed by atoms with van der Waals surface area (Å²) in [6.07, 6.45) is 2.05. The summed E-state index contributed by atoms with van der Waals surface area (Å²) < 4.78 is 5.20. The standard InChI is InChI=1S/C20H25N7O2/c28-16(9-27-6-5-13-3-1-2-4-14(13)8-27)7-21-20-17-18(25-26-20)19(23-12-22-17)24-15-10-29-11-15/h1-4,12,15-16,28H,5-11H2,(H2,21,25,26)(H,22,23,24)/t16-/m1/s1. The van der Waals surface area contributed by atoms with Gasteiger partial charge in [0.05, 0.1) is 25.4 Å². The number of nitrogens with one attached hydrogen (secondary N) is 3. The molecular formula is C20H25N7O2. The molecular weight excluding hydrogens is 370 g/mol. The van der Waals surface area contributed by atoms with Crippen molar-refractivity contribution < 1.29 is 9.84 Å². The maximum atomic E-state index is 10.5. The van der Waals surface area contributed by atoms with Gasteiger partial charge in [-0.3, -0.25) is 10.00 Å². The number of hydrogen-bond donors (Lipinski definition) is 4. The Kier molecular flexibility index (Phi) is 5.01. The molecule has 0 spiro atoms. The molecule has 0 bridgehead atoms. The Balaban J connectivity index is 1.19. The Morgan fingerprint density at radius 1 is 1.21 bits per heavy atom. The second-order valence-corrected chi connectivity index (χ2v) is 7.69. The molecule has 29 heavy (non-hydrogen) atoms. The van der Waals surface area contributed by atoms with Crippen LogP contribution in [0.4, 0.5) is 11.6 Å². The van der Waals surface area contributed by atoms with Crippen molar-refractivity contribution in [1.29, 1.82) is 0 Å². The maximum absolute atomic E-state index is 10.5. The van der Waals surface area contributed by atoms with Crippen molar-refractivity contribution in [3.8, 4) is 0 Å². The summed E-state index contributed by atoms with van der Waals surface area (Å²) in [5, 5.41) is 24.4. The van der Waals surface area contributed by atoms with Gasteiger partial charge in [0.25, 0.3) is 0 Å². The number of aromatic nitrogens is 4. The van der Waals surface area contributed by atoms with Gasteiger partial charge < -0.3 is 20.5 Å². The molecule has 152 valence electrons. The van der Waals surface area contributed by atoms with E-state index in [0.717, 1.165) is 30.8 Å². The molecule has 2 aromatic heterocycles. The van der Waals surface area contributed by atoms with Crippen molar-refractivity contribution in [3.05, 3.63) is 41.7 Å². The average molecular weight is 395 g/mol. The minimum Gasteiger partial charge on any atom is -0.390 e. The fourth-order valence-corrected chi connectivity index (χ4v) is 3.87. The van der Waals surface area contributed by atoms with Crippen LogP contribution in [0.5, 0.6) is 0 Å². The number of anilines is 2. The molecule has 9 heteroatoms. The van der Waals surface area contributed by atoms with Gasteiger partial charge in [0.2, 0.25) is 0 Å². The molecule has 5 rings (SSSR count). The number of aliphatic hydroxyl groups excluding tert-OH is 1. The Morgan fingerprint density at radius 2 is 2.07 bits per heavy atom. The summed E-state index contributed by atoms with van der Waals surface area (Å²) in [6, 6.07) is 8.79. The van der Waals surface area contributed by atoms with Gasteiger partial charge in [-0.2, -0.15) is 5.10 Å². The lowest BCUT2D eigenvalue weighted by molar-refractivity contribution is 0.0210. The minimum atomic E-state index is -0.501. The lowest BCUT2D eigenvalue weighted by Crippen LogP contribution is -2.40. The molecule has 3 aromatic rings. The predicted molar refractivity (Wildman–Crippen MR) is 110 cm³/mol. The number of aromatic amines is 1. The van der Waals surface area contributed by atoms with Gasteiger partial charge in [0, 0.05) is 26.2 Å². The van der Waals surface area contributed by atoms with E-state index in [2.05, 4.69) is 60.0 Å². The first-order valence-corrected chi connectivity index (χ1v) is 10.0. The van der Waals surface area contributed by atoms with E-state index in [1.807, 2.05) is 0 Å². The molecule has 2 aliphatic heterocycles. The first kappa shape index (κ1) is 18.3. The summed E-state index contributed by atoms with van der Waals surface area (Å²) in [5.41, 5.74) is 4.23. The summed E-state index contributed by atoms with van der Waals surface area (Å²) >= 11 is 0. The predicted octanol–water partition coefficient (Wildman–Crippen LogP) is 0.995. The number of rotatable bonds is 7. The van der Waals surface area contributed by atoms with Gasteiger partial charge in [-0.05, 0) is 17.5 Å². The van der Waals surface area contributed by atoms with Gasteiger partial charge in [-0.15, -0.1) is 0 Å². The Morgan fingerprint density at radius 3 is 2.90 bits per heavy atom. The van der Waals surface area contributed by atoms with Gasteiger partial charge in [-0.25, -0.2) is 9.97 Å². The number of β-amino-alcohol motifs (C(OH)–C–C–N with tert-alkyl or cyclic N) is 1. The van der Waals surface area contributed by atoms with Crippen molar-refractivity contribution in [2.45, 2.75) is 25.1 Å². The molecule has 1 saturated heterocycles. The topological polar surface area (TPSA) is 111 Å². The van der Waals surface area contributed by atoms with Crippen LogP contribution in [-0.4, -0.2) is 75.2 Å². The zero-order valence-corrected chi connectivity index (χ0v) is 16.1. The van der Waals surface area contributed by atoms with Gasteiger partial charge >= 0.3 is 0 Å². The SMILES string of the molecule is O[C@H](CNc1n[nH]c2c(NC3COC3)ncnc12)CN1CCc2ccccc2C1. The van der Waals surface area contributed by atoms with Crippen LogP contribution in [0.25, 0.3) is 11.0 Å². The molecule has 0 saturated carbocycles. The van der Waals surface area contributed by atoms with E-state index in [1.54, 1.807) is 0 Å². The van der Waals surface area contributed by atoms with Crippen LogP contribution >= 0.6 is 0 Å². The lowest BCUT2D eigenvalue weighted by Gasteiger charge is -2.30. The largest absolute Gasteiger partial charge is 0.390 e. The number of nitrogens with zero attached hydrogens (tertiary/aromatic N) is 4. The number of H-pyrrole nitrogens is 1. The van der Waals surface area contributed by atoms with Crippen LogP contribution < -0.4 is 10.6 Å². The molecule has 0 radical (unpaired) electrons. The molecule has 0 aliphatic carbocycles. The summed E-state index contributed by atoms with van der Waals surface area (Å²) in [5.74, 6) is 1.34. The molecule has 9 nitrogen and oxygen atoms in total. The van der Waals surface area contributed by atoms with Gasteiger partial charge in [0.15, 0.2) is 11.6 Å². The van der Waals surface area contributed by atoms with E-state index in [1.165, 1.54) is 17.5 Å². The van der Waals surface area contributed by atoms with Crippen molar-refractivity contribution in [3.63, 3.8) is 0 Å². The summed E-state index contributed by atoms with van der Waals surface area (Å²) in [6.45, 7) is 4.22. The highest BCUT2D eigenvalue weighted by Gasteiger charge is 2.22. The quantitative estimate of drug-likeness (QED) is 0.469. The van der Waals surface area contributed by atoms with Crippen molar-refractivity contribution in [1.82, 2.24) is 25.1 Å². The molecule has 4 heterocycles. The zero-order valence-electron chi connectivity index (χ0n) is 16.1. The van der Waals surface area contributed by atoms with Crippen molar-refractivity contribution >= 4 is 22.7 Å². The number of benzene rings is 1. The lowest BCUT2D eigenvalue weighted by atomic mass is 10.00. The molecule has 1 fully saturated rings. The van der Waals surface area contributed by atoms with E-state index in [-0.39, 0.29) is 6.04 Å². The van der Waals surface area contributed by atoms with Gasteiger partial charge in [-0.1, -0.05) is 24.3 Å². The number of fused-ring (bicyclic) bond motifs is 2. The second kappa shape index (κ2) is 7.94. The van der Waals surface area contributed by atoms with Crippen molar-refractivity contribution in [2.75, 3.05) is 43.5 Å². The maximum Gasteiger partial charge on any atom is 0.174 e. The third-order valence-electron chi connectivity index (χ3n) is 5.51. The first-order chi connectivity index (χ1) is 14.3. The first-order valence-electron chi connectivity index (χ1n) is 10.0. The van der Waals surface area contributed by atoms with E-state index in [9.17, 15) is 5.11 Å². The Hall–Kier alpha value is -2.75. The highest BCUT2D eigenvalue weighted by molar-refractivity contribution is 5.92. The smallest absolute Gasteiger partial charge is 0.174 e. The highest BCUT2D eigenvalue weighted by Crippen LogP contribution is 2.24. The van der Waals surface area contributed by atoms with E-state index in [0.29, 0.717) is 37.6 Å². The monoisotopic (exact) mass is 395 g/mol. The third kappa shape index (κ3) is 3.89. The Bertz CT molecular complexity index is 988. The molecule has 1 atom stereocenters. The second-order valence-electron chi connectivity index (χ2n) is 7.69. The number of aliphatic hydroxyl groups is 1. The number of hydrogen-bond acceptors (Lipinski definition) is 8. The molecule has 0 amide bonds. The fraction of sp³-hybridized carbons (Fsp3) is 0.450. The van der Waals surface area contributed by atoms with Crippen LogP contribution in [0.2, 0.25) is 0 Å². The summed E-state index contributed by atoms with van der Waals surface area (Å²) in [7, 11) is 0. The summed E-state index contributed by atoms with van der Waals surface area (Å²) in [4.78, 5) is 10.9. The van der Waals surface area contributed by atoms with E-state index >= 15 is 0 Å².